The van der Waals surface area contributed by atoms with Gasteiger partial charge in [0.25, 0.3) is 0 Å². The molecule has 0 aliphatic carbocycles. The van der Waals surface area contributed by atoms with E-state index in [-0.39, 0.29) is 11.8 Å². The van der Waals surface area contributed by atoms with Crippen LogP contribution in [0.25, 0.3) is 0 Å². The maximum atomic E-state index is 10.3. The average molecular weight is 289 g/mol. The van der Waals surface area contributed by atoms with Crippen molar-refractivity contribution >= 4 is 11.8 Å². The molecule has 4 N–H and O–H groups in total. The van der Waals surface area contributed by atoms with Crippen molar-refractivity contribution in [3.05, 3.63) is 0 Å². The van der Waals surface area contributed by atoms with E-state index in [4.69, 9.17) is 11.5 Å². The van der Waals surface area contributed by atoms with Crippen LogP contribution in [0.2, 0.25) is 0 Å². The summed E-state index contributed by atoms with van der Waals surface area (Å²) in [6.45, 7) is 14.1. The van der Waals surface area contributed by atoms with Gasteiger partial charge in [0.2, 0.25) is 11.8 Å². The number of hydrogen-bond acceptors (Lipinski definition) is 3. The zero-order valence-electron chi connectivity index (χ0n) is 14.4. The predicted octanol–water partition coefficient (Wildman–Crippen LogP) is 1.99. The SMILES string of the molecule is CC(C)C.CC(C)C.CN(CCC(N)=O)CCC(N)=O. The van der Waals surface area contributed by atoms with E-state index in [9.17, 15) is 9.59 Å². The number of primary amides is 2. The molecular weight excluding hydrogens is 254 g/mol. The number of nitrogens with zero attached hydrogens (tertiary/aromatic N) is 1. The van der Waals surface area contributed by atoms with Crippen LogP contribution in [0.3, 0.4) is 0 Å². The Kier molecular flexibility index (Phi) is 19.1. The minimum Gasteiger partial charge on any atom is -0.370 e. The second-order valence-corrected chi connectivity index (χ2v) is 6.20. The predicted molar refractivity (Wildman–Crippen MR) is 86.1 cm³/mol. The van der Waals surface area contributed by atoms with E-state index in [1.165, 1.54) is 0 Å². The zero-order chi connectivity index (χ0) is 16.7. The van der Waals surface area contributed by atoms with Gasteiger partial charge in [0.1, 0.15) is 0 Å². The van der Waals surface area contributed by atoms with Gasteiger partial charge in [-0.1, -0.05) is 41.5 Å². The smallest absolute Gasteiger partial charge is 0.218 e. The maximum Gasteiger partial charge on any atom is 0.218 e. The summed E-state index contributed by atoms with van der Waals surface area (Å²) in [5, 5.41) is 0. The molecule has 2 amide bonds. The molecular formula is C15H35N3O2. The highest BCUT2D eigenvalue weighted by atomic mass is 16.1. The molecule has 0 aromatic rings. The van der Waals surface area contributed by atoms with Gasteiger partial charge in [-0.05, 0) is 18.9 Å². The van der Waals surface area contributed by atoms with E-state index >= 15 is 0 Å². The first-order valence-electron chi connectivity index (χ1n) is 7.24. The number of carbonyl (C=O) groups excluding carboxylic acids is 2. The number of rotatable bonds is 6. The first kappa shape index (κ1) is 24.0. The molecule has 0 aliphatic rings. The lowest BCUT2D eigenvalue weighted by Gasteiger charge is -2.13. The molecule has 122 valence electrons. The minimum absolute atomic E-state index is 0.315. The summed E-state index contributed by atoms with van der Waals surface area (Å²) in [6.07, 6.45) is 0.629. The Morgan fingerprint density at radius 2 is 1.00 bits per heavy atom. The van der Waals surface area contributed by atoms with Crippen molar-refractivity contribution in [1.29, 1.82) is 0 Å². The molecule has 0 aliphatic heterocycles. The van der Waals surface area contributed by atoms with E-state index < -0.39 is 0 Å². The Balaban J connectivity index is -0.000000297. The lowest BCUT2D eigenvalue weighted by atomic mass is 10.3. The molecule has 20 heavy (non-hydrogen) atoms. The molecule has 0 spiro atoms. The largest absolute Gasteiger partial charge is 0.370 e. The first-order chi connectivity index (χ1) is 8.98. The van der Waals surface area contributed by atoms with Crippen molar-refractivity contribution in [2.45, 2.75) is 54.4 Å². The standard InChI is InChI=1S/C7H15N3O2.2C4H10/c1-10(4-2-6(8)11)5-3-7(9)12;2*1-4(2)3/h2-5H2,1H3,(H2,8,11)(H2,9,12);2*4H,1-3H3. The molecule has 0 rings (SSSR count). The van der Waals surface area contributed by atoms with Crippen molar-refractivity contribution in [3.8, 4) is 0 Å². The quantitative estimate of drug-likeness (QED) is 0.783. The summed E-state index contributed by atoms with van der Waals surface area (Å²) >= 11 is 0. The highest BCUT2D eigenvalue weighted by Crippen LogP contribution is 1.88. The Morgan fingerprint density at radius 3 is 1.15 bits per heavy atom. The molecule has 0 fully saturated rings. The van der Waals surface area contributed by atoms with Crippen LogP contribution in [0.15, 0.2) is 0 Å². The van der Waals surface area contributed by atoms with Crippen molar-refractivity contribution in [2.24, 2.45) is 23.3 Å². The molecule has 0 aromatic carbocycles. The average Bonchev–Trinajstić information content (AvgIpc) is 2.21. The van der Waals surface area contributed by atoms with E-state index in [1.807, 2.05) is 11.9 Å². The summed E-state index contributed by atoms with van der Waals surface area (Å²) in [5.74, 6) is 1.00. The second kappa shape index (κ2) is 16.0. The molecule has 0 unspecified atom stereocenters. The first-order valence-corrected chi connectivity index (χ1v) is 7.24. The van der Waals surface area contributed by atoms with Crippen LogP contribution >= 0.6 is 0 Å². The Bertz CT molecular complexity index is 212. The van der Waals surface area contributed by atoms with Crippen molar-refractivity contribution < 1.29 is 9.59 Å². The third-order valence-corrected chi connectivity index (χ3v) is 1.48. The Hall–Kier alpha value is -1.10. The van der Waals surface area contributed by atoms with Crippen LogP contribution in [0.5, 0.6) is 0 Å². The van der Waals surface area contributed by atoms with Gasteiger partial charge in [-0.15, -0.1) is 0 Å². The van der Waals surface area contributed by atoms with E-state index in [1.54, 1.807) is 0 Å². The molecule has 0 saturated carbocycles. The summed E-state index contributed by atoms with van der Waals surface area (Å²) in [6, 6.07) is 0. The van der Waals surface area contributed by atoms with Crippen LogP contribution in [-0.2, 0) is 9.59 Å². The summed E-state index contributed by atoms with van der Waals surface area (Å²) in [4.78, 5) is 22.5. The van der Waals surface area contributed by atoms with Crippen molar-refractivity contribution in [2.75, 3.05) is 20.1 Å². The van der Waals surface area contributed by atoms with Crippen LogP contribution < -0.4 is 11.5 Å². The molecule has 0 saturated heterocycles. The van der Waals surface area contributed by atoms with Crippen molar-refractivity contribution in [1.82, 2.24) is 4.90 Å². The summed E-state index contributed by atoms with van der Waals surface area (Å²) in [5.41, 5.74) is 9.88. The van der Waals surface area contributed by atoms with E-state index in [0.717, 1.165) is 11.8 Å². The summed E-state index contributed by atoms with van der Waals surface area (Å²) < 4.78 is 0. The lowest BCUT2D eigenvalue weighted by molar-refractivity contribution is -0.118. The highest BCUT2D eigenvalue weighted by Gasteiger charge is 2.02. The highest BCUT2D eigenvalue weighted by molar-refractivity contribution is 5.74. The van der Waals surface area contributed by atoms with Crippen LogP contribution in [-0.4, -0.2) is 36.9 Å². The molecule has 0 bridgehead atoms. The Labute approximate surface area is 125 Å². The number of nitrogens with two attached hydrogens (primary N) is 2. The van der Waals surface area contributed by atoms with Gasteiger partial charge in [0, 0.05) is 25.9 Å². The van der Waals surface area contributed by atoms with Gasteiger partial charge in [-0.25, -0.2) is 0 Å². The summed E-state index contributed by atoms with van der Waals surface area (Å²) in [7, 11) is 1.81. The topological polar surface area (TPSA) is 89.4 Å². The van der Waals surface area contributed by atoms with Gasteiger partial charge in [-0.2, -0.15) is 0 Å². The van der Waals surface area contributed by atoms with E-state index in [2.05, 4.69) is 41.5 Å². The third-order valence-electron chi connectivity index (χ3n) is 1.48. The third kappa shape index (κ3) is 53.9. The fraction of sp³-hybridized carbons (Fsp3) is 0.867. The van der Waals surface area contributed by atoms with Gasteiger partial charge < -0.3 is 16.4 Å². The molecule has 0 heterocycles. The fourth-order valence-electron chi connectivity index (χ4n) is 0.714. The number of hydrogen-bond donors (Lipinski definition) is 2. The van der Waals surface area contributed by atoms with Gasteiger partial charge in [0.15, 0.2) is 0 Å². The molecule has 0 radical (unpaired) electrons. The van der Waals surface area contributed by atoms with Crippen LogP contribution in [0.4, 0.5) is 0 Å². The molecule has 0 aromatic heterocycles. The number of amides is 2. The number of carbonyl (C=O) groups is 2. The monoisotopic (exact) mass is 289 g/mol. The van der Waals surface area contributed by atoms with Crippen molar-refractivity contribution in [3.63, 3.8) is 0 Å². The van der Waals surface area contributed by atoms with Gasteiger partial charge in [0.05, 0.1) is 0 Å². The fourth-order valence-corrected chi connectivity index (χ4v) is 0.714. The normalized spacial score (nSPS) is 9.70. The van der Waals surface area contributed by atoms with Gasteiger partial charge in [-0.3, -0.25) is 9.59 Å². The van der Waals surface area contributed by atoms with E-state index in [0.29, 0.717) is 25.9 Å². The molecule has 0 atom stereocenters. The van der Waals surface area contributed by atoms with Crippen LogP contribution in [0.1, 0.15) is 54.4 Å². The zero-order valence-corrected chi connectivity index (χ0v) is 14.4. The maximum absolute atomic E-state index is 10.3. The second-order valence-electron chi connectivity index (χ2n) is 6.20. The molecule has 5 heteroatoms. The van der Waals surface area contributed by atoms with Gasteiger partial charge >= 0.3 is 0 Å². The molecule has 5 nitrogen and oxygen atoms in total. The lowest BCUT2D eigenvalue weighted by Crippen LogP contribution is -2.28. The van der Waals surface area contributed by atoms with Crippen LogP contribution in [0, 0.1) is 11.8 Å². The minimum atomic E-state index is -0.332. The Morgan fingerprint density at radius 1 is 0.800 bits per heavy atom.